The quantitative estimate of drug-likeness (QED) is 0.530. The van der Waals surface area contributed by atoms with Crippen molar-refractivity contribution >= 4 is 40.6 Å². The summed E-state index contributed by atoms with van der Waals surface area (Å²) in [4.78, 5) is 0. The van der Waals surface area contributed by atoms with Crippen LogP contribution in [0.2, 0.25) is 10.0 Å². The van der Waals surface area contributed by atoms with Gasteiger partial charge in [-0.1, -0.05) is 29.3 Å². The lowest BCUT2D eigenvalue weighted by Gasteiger charge is -1.86. The van der Waals surface area contributed by atoms with Gasteiger partial charge in [0.15, 0.2) is 0 Å². The number of hydrogen-bond acceptors (Lipinski definition) is 0. The number of hydrogen-bond donors (Lipinski definition) is 0. The van der Waals surface area contributed by atoms with Crippen LogP contribution in [-0.4, -0.2) is 17.4 Å². The van der Waals surface area contributed by atoms with E-state index in [1.54, 1.807) is 18.2 Å². The van der Waals surface area contributed by atoms with Crippen molar-refractivity contribution in [2.24, 2.45) is 0 Å². The Labute approximate surface area is 74.9 Å². The maximum absolute atomic E-state index is 5.56. The molecule has 0 unspecified atom stereocenters. The monoisotopic (exact) mass is 173 g/mol. The maximum Gasteiger partial charge on any atom is 0.0420 e. The van der Waals surface area contributed by atoms with E-state index in [1.165, 1.54) is 0 Å². The summed E-state index contributed by atoms with van der Waals surface area (Å²) in [5.74, 6) is 0. The van der Waals surface area contributed by atoms with E-state index < -0.39 is 0 Å². The zero-order valence-electron chi connectivity index (χ0n) is 4.64. The smallest absolute Gasteiger partial charge is 0.0420 e. The molecule has 0 amide bonds. The van der Waals surface area contributed by atoms with E-state index >= 15 is 0 Å². The first-order valence-electron chi connectivity index (χ1n) is 2.20. The molecule has 0 spiro atoms. The van der Waals surface area contributed by atoms with Gasteiger partial charge in [-0.05, 0) is 18.2 Å². The van der Waals surface area contributed by atoms with Gasteiger partial charge in [-0.2, -0.15) is 0 Å². The lowest BCUT2D eigenvalue weighted by atomic mass is 10.4. The highest BCUT2D eigenvalue weighted by molar-refractivity contribution is 6.34. The summed E-state index contributed by atoms with van der Waals surface area (Å²) < 4.78 is 0. The predicted molar refractivity (Wildman–Crippen MR) is 42.2 cm³/mol. The molecule has 0 aliphatic carbocycles. The largest absolute Gasteiger partial charge is 0.0843 e. The van der Waals surface area contributed by atoms with Gasteiger partial charge in [0.1, 0.15) is 0 Å². The molecule has 0 aromatic heterocycles. The summed E-state index contributed by atoms with van der Waals surface area (Å²) in [7, 11) is 0. The van der Waals surface area contributed by atoms with Crippen molar-refractivity contribution in [3.8, 4) is 0 Å². The Balaban J connectivity index is 0.000000640. The Morgan fingerprint density at radius 3 is 1.67 bits per heavy atom. The molecule has 0 aliphatic heterocycles. The van der Waals surface area contributed by atoms with Crippen molar-refractivity contribution in [2.45, 2.75) is 0 Å². The molecule has 0 saturated heterocycles. The van der Waals surface area contributed by atoms with Crippen LogP contribution < -0.4 is 0 Å². The molecule has 9 heavy (non-hydrogen) atoms. The zero-order valence-corrected chi connectivity index (χ0v) is 7.31. The van der Waals surface area contributed by atoms with Crippen LogP contribution in [0.4, 0.5) is 0 Å². The third-order valence-corrected chi connectivity index (χ3v) is 1.26. The molecule has 0 N–H and O–H groups in total. The molecule has 0 saturated carbocycles. The van der Waals surface area contributed by atoms with Crippen molar-refractivity contribution in [3.63, 3.8) is 0 Å². The second kappa shape index (κ2) is 4.20. The lowest BCUT2D eigenvalue weighted by Crippen LogP contribution is -1.61. The molecule has 1 aromatic carbocycles. The average molecular weight is 174 g/mol. The Morgan fingerprint density at radius 2 is 1.44 bits per heavy atom. The Morgan fingerprint density at radius 1 is 1.00 bits per heavy atom. The Bertz CT molecular complexity index is 171. The standard InChI is InChI=1S/C6H4Cl2.Al/c7-5-2-1-3-6(8)4-5;/h1-4H;. The van der Waals surface area contributed by atoms with E-state index in [-0.39, 0.29) is 17.4 Å². The van der Waals surface area contributed by atoms with Gasteiger partial charge in [-0.25, -0.2) is 0 Å². The summed E-state index contributed by atoms with van der Waals surface area (Å²) in [6, 6.07) is 7.08. The first-order valence-corrected chi connectivity index (χ1v) is 2.96. The topological polar surface area (TPSA) is 0 Å². The van der Waals surface area contributed by atoms with Crippen molar-refractivity contribution in [1.82, 2.24) is 0 Å². The van der Waals surface area contributed by atoms with E-state index in [4.69, 9.17) is 23.2 Å². The molecule has 0 atom stereocenters. The van der Waals surface area contributed by atoms with Crippen LogP contribution in [-0.2, 0) is 0 Å². The highest BCUT2D eigenvalue weighted by Gasteiger charge is 1.84. The lowest BCUT2D eigenvalue weighted by molar-refractivity contribution is 1.71. The van der Waals surface area contributed by atoms with Crippen LogP contribution in [0.15, 0.2) is 24.3 Å². The third kappa shape index (κ3) is 3.13. The van der Waals surface area contributed by atoms with Crippen LogP contribution in [0.25, 0.3) is 0 Å². The fourth-order valence-electron chi connectivity index (χ4n) is 0.460. The van der Waals surface area contributed by atoms with Gasteiger partial charge in [0.2, 0.25) is 0 Å². The molecule has 1 aromatic rings. The second-order valence-corrected chi connectivity index (χ2v) is 2.31. The molecule has 45 valence electrons. The van der Waals surface area contributed by atoms with Gasteiger partial charge in [0.05, 0.1) is 0 Å². The van der Waals surface area contributed by atoms with E-state index in [1.807, 2.05) is 6.07 Å². The molecule has 0 aliphatic rings. The van der Waals surface area contributed by atoms with Crippen molar-refractivity contribution in [2.75, 3.05) is 0 Å². The van der Waals surface area contributed by atoms with Crippen molar-refractivity contribution in [3.05, 3.63) is 34.3 Å². The van der Waals surface area contributed by atoms with Gasteiger partial charge >= 0.3 is 0 Å². The molecule has 0 bridgehead atoms. The third-order valence-electron chi connectivity index (χ3n) is 0.787. The summed E-state index contributed by atoms with van der Waals surface area (Å²) >= 11 is 11.1. The van der Waals surface area contributed by atoms with Crippen LogP contribution in [0, 0.1) is 0 Å². The van der Waals surface area contributed by atoms with E-state index in [0.29, 0.717) is 10.0 Å². The predicted octanol–water partition coefficient (Wildman–Crippen LogP) is 2.61. The molecule has 3 radical (unpaired) electrons. The van der Waals surface area contributed by atoms with E-state index in [2.05, 4.69) is 0 Å². The first kappa shape index (κ1) is 9.33. The molecular weight excluding hydrogens is 170 g/mol. The fraction of sp³-hybridized carbons (Fsp3) is 0. The van der Waals surface area contributed by atoms with E-state index in [0.717, 1.165) is 0 Å². The molecule has 0 heterocycles. The minimum atomic E-state index is 0. The highest BCUT2D eigenvalue weighted by atomic mass is 35.5. The molecule has 1 rings (SSSR count). The van der Waals surface area contributed by atoms with Crippen molar-refractivity contribution in [1.29, 1.82) is 0 Å². The zero-order chi connectivity index (χ0) is 5.98. The summed E-state index contributed by atoms with van der Waals surface area (Å²) in [6.07, 6.45) is 0. The molecular formula is C6H4AlCl2. The van der Waals surface area contributed by atoms with Crippen LogP contribution >= 0.6 is 23.2 Å². The van der Waals surface area contributed by atoms with Crippen LogP contribution in [0.1, 0.15) is 0 Å². The van der Waals surface area contributed by atoms with Gasteiger partial charge in [-0.3, -0.25) is 0 Å². The number of benzene rings is 1. The summed E-state index contributed by atoms with van der Waals surface area (Å²) in [5, 5.41) is 1.36. The van der Waals surface area contributed by atoms with Gasteiger partial charge in [0.25, 0.3) is 0 Å². The van der Waals surface area contributed by atoms with Crippen LogP contribution in [0.3, 0.4) is 0 Å². The molecule has 0 fully saturated rings. The maximum atomic E-state index is 5.56. The van der Waals surface area contributed by atoms with Crippen LogP contribution in [0.5, 0.6) is 0 Å². The SMILES string of the molecule is Clc1cccc(Cl)c1.[Al]. The normalized spacial score (nSPS) is 8.22. The highest BCUT2D eigenvalue weighted by Crippen LogP contribution is 2.13. The molecule has 0 nitrogen and oxygen atoms in total. The minimum Gasteiger partial charge on any atom is -0.0843 e. The average Bonchev–Trinajstić information content (AvgIpc) is 1.64. The van der Waals surface area contributed by atoms with E-state index in [9.17, 15) is 0 Å². The van der Waals surface area contributed by atoms with Gasteiger partial charge in [-0.15, -0.1) is 0 Å². The number of halogens is 2. The summed E-state index contributed by atoms with van der Waals surface area (Å²) in [6.45, 7) is 0. The minimum absolute atomic E-state index is 0. The van der Waals surface area contributed by atoms with Gasteiger partial charge < -0.3 is 0 Å². The Kier molecular flexibility index (Phi) is 4.35. The van der Waals surface area contributed by atoms with Crippen molar-refractivity contribution < 1.29 is 0 Å². The second-order valence-electron chi connectivity index (χ2n) is 1.44. The first-order chi connectivity index (χ1) is 3.79. The molecule has 3 heteroatoms. The van der Waals surface area contributed by atoms with Gasteiger partial charge in [0, 0.05) is 27.4 Å². The fourth-order valence-corrected chi connectivity index (χ4v) is 0.896. The summed E-state index contributed by atoms with van der Waals surface area (Å²) in [5.41, 5.74) is 0. The number of rotatable bonds is 0. The Hall–Kier alpha value is 0.332.